The predicted molar refractivity (Wildman–Crippen MR) is 89.5 cm³/mol. The Hall–Kier alpha value is -1.88. The van der Waals surface area contributed by atoms with Gasteiger partial charge in [-0.15, -0.1) is 0 Å². The van der Waals surface area contributed by atoms with Gasteiger partial charge < -0.3 is 0 Å². The molecule has 0 aliphatic heterocycles. The van der Waals surface area contributed by atoms with E-state index in [0.29, 0.717) is 5.82 Å². The molecule has 0 bridgehead atoms. The lowest BCUT2D eigenvalue weighted by molar-refractivity contribution is 0.601. The molecule has 0 saturated heterocycles. The zero-order chi connectivity index (χ0) is 16.0. The van der Waals surface area contributed by atoms with E-state index >= 15 is 0 Å². The lowest BCUT2D eigenvalue weighted by atomic mass is 10.1. The van der Waals surface area contributed by atoms with E-state index < -0.39 is 10.0 Å². The molecule has 1 heterocycles. The third kappa shape index (κ3) is 4.56. The summed E-state index contributed by atoms with van der Waals surface area (Å²) in [6.45, 7) is 3.99. The van der Waals surface area contributed by atoms with Gasteiger partial charge in [0.2, 0.25) is 0 Å². The number of rotatable bonds is 7. The van der Waals surface area contributed by atoms with Crippen LogP contribution >= 0.6 is 0 Å². The lowest BCUT2D eigenvalue weighted by Gasteiger charge is -2.08. The third-order valence-electron chi connectivity index (χ3n) is 3.43. The van der Waals surface area contributed by atoms with Crippen LogP contribution in [-0.4, -0.2) is 13.4 Å². The predicted octanol–water partition coefficient (Wildman–Crippen LogP) is 3.92. The van der Waals surface area contributed by atoms with Crippen LogP contribution in [0.2, 0.25) is 0 Å². The first-order chi connectivity index (χ1) is 10.5. The summed E-state index contributed by atoms with van der Waals surface area (Å²) in [5.74, 6) is 0.340. The van der Waals surface area contributed by atoms with Crippen LogP contribution < -0.4 is 4.72 Å². The van der Waals surface area contributed by atoms with Crippen molar-refractivity contribution < 1.29 is 8.42 Å². The van der Waals surface area contributed by atoms with Gasteiger partial charge in [-0.3, -0.25) is 4.72 Å². The highest BCUT2D eigenvalue weighted by atomic mass is 32.2. The van der Waals surface area contributed by atoms with Gasteiger partial charge in [-0.25, -0.2) is 13.4 Å². The van der Waals surface area contributed by atoms with Crippen LogP contribution in [0.1, 0.15) is 37.4 Å². The van der Waals surface area contributed by atoms with Crippen LogP contribution in [0.3, 0.4) is 0 Å². The fourth-order valence-electron chi connectivity index (χ4n) is 2.21. The number of nitrogens with zero attached hydrogens (tertiary/aromatic N) is 1. The van der Waals surface area contributed by atoms with Crippen molar-refractivity contribution >= 4 is 15.8 Å². The number of nitrogens with one attached hydrogen (secondary N) is 1. The number of aryl methyl sites for hydroxylation is 2. The molecular formula is C17H22N2O2S. The molecule has 2 aromatic rings. The monoisotopic (exact) mass is 318 g/mol. The minimum atomic E-state index is -3.58. The highest BCUT2D eigenvalue weighted by Gasteiger charge is 2.14. The van der Waals surface area contributed by atoms with Crippen molar-refractivity contribution in [3.63, 3.8) is 0 Å². The molecule has 1 N–H and O–H groups in total. The first kappa shape index (κ1) is 16.5. The smallest absolute Gasteiger partial charge is 0.263 e. The van der Waals surface area contributed by atoms with E-state index in [1.54, 1.807) is 24.3 Å². The minimum Gasteiger partial charge on any atom is -0.263 e. The van der Waals surface area contributed by atoms with E-state index in [0.717, 1.165) is 18.5 Å². The van der Waals surface area contributed by atoms with Gasteiger partial charge in [0.05, 0.1) is 4.90 Å². The summed E-state index contributed by atoms with van der Waals surface area (Å²) in [5.41, 5.74) is 1.94. The molecule has 0 amide bonds. The first-order valence-corrected chi connectivity index (χ1v) is 9.05. The Morgan fingerprint density at radius 2 is 1.77 bits per heavy atom. The summed E-state index contributed by atoms with van der Waals surface area (Å²) in [4.78, 5) is 4.42. The Morgan fingerprint density at radius 1 is 1.05 bits per heavy atom. The van der Waals surface area contributed by atoms with Crippen molar-refractivity contribution in [2.24, 2.45) is 0 Å². The van der Waals surface area contributed by atoms with Crippen LogP contribution in [0.5, 0.6) is 0 Å². The lowest BCUT2D eigenvalue weighted by Crippen LogP contribution is -2.14. The van der Waals surface area contributed by atoms with E-state index in [2.05, 4.69) is 16.6 Å². The van der Waals surface area contributed by atoms with E-state index in [-0.39, 0.29) is 4.90 Å². The van der Waals surface area contributed by atoms with Gasteiger partial charge in [0.25, 0.3) is 10.0 Å². The van der Waals surface area contributed by atoms with E-state index in [9.17, 15) is 8.42 Å². The fourth-order valence-corrected chi connectivity index (χ4v) is 3.21. The molecule has 0 spiro atoms. The second-order valence-corrected chi connectivity index (χ2v) is 7.05. The van der Waals surface area contributed by atoms with Crippen molar-refractivity contribution in [3.05, 3.63) is 53.7 Å². The maximum absolute atomic E-state index is 12.3. The van der Waals surface area contributed by atoms with Crippen LogP contribution in [0.4, 0.5) is 5.82 Å². The van der Waals surface area contributed by atoms with Gasteiger partial charge >= 0.3 is 0 Å². The Labute approximate surface area is 132 Å². The Bertz CT molecular complexity index is 710. The van der Waals surface area contributed by atoms with Crippen molar-refractivity contribution in [1.82, 2.24) is 4.98 Å². The largest absolute Gasteiger partial charge is 0.263 e. The highest BCUT2D eigenvalue weighted by molar-refractivity contribution is 7.92. The Kier molecular flexibility index (Phi) is 5.55. The topological polar surface area (TPSA) is 59.1 Å². The standard InChI is InChI=1S/C17H22N2O2S/c1-3-4-5-8-15-10-12-16(13-11-15)22(20,21)19-17-9-6-7-14(2)18-17/h6-7,9-13H,3-5,8H2,1-2H3,(H,18,19). The second-order valence-electron chi connectivity index (χ2n) is 5.37. The minimum absolute atomic E-state index is 0.259. The van der Waals surface area contributed by atoms with Gasteiger partial charge in [0.1, 0.15) is 5.82 Å². The number of anilines is 1. The third-order valence-corrected chi connectivity index (χ3v) is 4.80. The van der Waals surface area contributed by atoms with E-state index in [4.69, 9.17) is 0 Å². The van der Waals surface area contributed by atoms with Crippen molar-refractivity contribution in [3.8, 4) is 0 Å². The summed E-state index contributed by atoms with van der Waals surface area (Å²) in [5, 5.41) is 0. The molecular weight excluding hydrogens is 296 g/mol. The number of sulfonamides is 1. The second kappa shape index (κ2) is 7.40. The summed E-state index contributed by atoms with van der Waals surface area (Å²) < 4.78 is 27.2. The van der Waals surface area contributed by atoms with Crippen LogP contribution in [0.15, 0.2) is 47.4 Å². The quantitative estimate of drug-likeness (QED) is 0.787. The van der Waals surface area contributed by atoms with Gasteiger partial charge in [0, 0.05) is 5.69 Å². The van der Waals surface area contributed by atoms with Gasteiger partial charge in [-0.1, -0.05) is 38.0 Å². The average Bonchev–Trinajstić information content (AvgIpc) is 2.47. The molecule has 118 valence electrons. The normalized spacial score (nSPS) is 11.4. The zero-order valence-electron chi connectivity index (χ0n) is 13.0. The molecule has 0 unspecified atom stereocenters. The SMILES string of the molecule is CCCCCc1ccc(S(=O)(=O)Nc2cccc(C)n2)cc1. The molecule has 1 aromatic carbocycles. The number of pyridine rings is 1. The summed E-state index contributed by atoms with van der Waals surface area (Å²) in [6, 6.07) is 12.3. The average molecular weight is 318 g/mol. The molecule has 1 aromatic heterocycles. The number of hydrogen-bond donors (Lipinski definition) is 1. The molecule has 2 rings (SSSR count). The van der Waals surface area contributed by atoms with Gasteiger partial charge in [0.15, 0.2) is 0 Å². The molecule has 0 aliphatic carbocycles. The molecule has 0 aliphatic rings. The maximum atomic E-state index is 12.3. The van der Waals surface area contributed by atoms with Crippen molar-refractivity contribution in [1.29, 1.82) is 0 Å². The Balaban J connectivity index is 2.09. The molecule has 5 heteroatoms. The summed E-state index contributed by atoms with van der Waals surface area (Å²) >= 11 is 0. The van der Waals surface area contributed by atoms with Gasteiger partial charge in [-0.05, 0) is 49.6 Å². The molecule has 4 nitrogen and oxygen atoms in total. The molecule has 0 atom stereocenters. The van der Waals surface area contributed by atoms with Crippen molar-refractivity contribution in [2.45, 2.75) is 44.4 Å². The van der Waals surface area contributed by atoms with E-state index in [1.165, 1.54) is 18.4 Å². The number of aromatic nitrogens is 1. The Morgan fingerprint density at radius 3 is 2.41 bits per heavy atom. The first-order valence-electron chi connectivity index (χ1n) is 7.56. The number of hydrogen-bond acceptors (Lipinski definition) is 3. The highest BCUT2D eigenvalue weighted by Crippen LogP contribution is 2.16. The summed E-state index contributed by atoms with van der Waals surface area (Å²) in [7, 11) is -3.58. The van der Waals surface area contributed by atoms with Crippen LogP contribution in [0, 0.1) is 6.92 Å². The van der Waals surface area contributed by atoms with Crippen LogP contribution in [-0.2, 0) is 16.4 Å². The zero-order valence-corrected chi connectivity index (χ0v) is 13.9. The van der Waals surface area contributed by atoms with Crippen molar-refractivity contribution in [2.75, 3.05) is 4.72 Å². The fraction of sp³-hybridized carbons (Fsp3) is 0.353. The molecule has 0 fully saturated rings. The molecule has 0 saturated carbocycles. The maximum Gasteiger partial charge on any atom is 0.263 e. The molecule has 0 radical (unpaired) electrons. The molecule has 22 heavy (non-hydrogen) atoms. The van der Waals surface area contributed by atoms with E-state index in [1.807, 2.05) is 25.1 Å². The number of unbranched alkanes of at least 4 members (excludes halogenated alkanes) is 2. The van der Waals surface area contributed by atoms with Gasteiger partial charge in [-0.2, -0.15) is 0 Å². The summed E-state index contributed by atoms with van der Waals surface area (Å²) in [6.07, 6.45) is 4.50. The van der Waals surface area contributed by atoms with Crippen LogP contribution in [0.25, 0.3) is 0 Å². The number of benzene rings is 1.